The largest absolute Gasteiger partial charge is 0.496 e. The first-order valence-electron chi connectivity index (χ1n) is 15.1. The van der Waals surface area contributed by atoms with E-state index >= 15 is 0 Å². The Morgan fingerprint density at radius 3 is 2.56 bits per heavy atom. The number of carbonyl (C=O) groups excluding carboxylic acids is 1. The maximum Gasteiger partial charge on any atom is 0.418 e. The molecule has 0 amide bonds. The number of rotatable bonds is 8. The maximum absolute atomic E-state index is 12.7. The molecule has 5 rings (SSSR count). The molecule has 3 aromatic rings. The van der Waals surface area contributed by atoms with E-state index in [1.165, 1.54) is 28.5 Å². The van der Waals surface area contributed by atoms with E-state index in [-0.39, 0.29) is 6.09 Å². The summed E-state index contributed by atoms with van der Waals surface area (Å²) >= 11 is 6.91. The molecule has 0 radical (unpaired) electrons. The second-order valence-corrected chi connectivity index (χ2v) is 12.7. The molecule has 1 aliphatic heterocycles. The molecule has 1 aromatic heterocycles. The van der Waals surface area contributed by atoms with Crippen molar-refractivity contribution in [3.05, 3.63) is 58.7 Å². The van der Waals surface area contributed by atoms with Crippen molar-refractivity contribution in [1.82, 2.24) is 14.4 Å². The highest BCUT2D eigenvalue weighted by atomic mass is 35.5. The smallest absolute Gasteiger partial charge is 0.418 e. The molecule has 1 unspecified atom stereocenters. The van der Waals surface area contributed by atoms with Gasteiger partial charge in [-0.3, -0.25) is 14.4 Å². The summed E-state index contributed by atoms with van der Waals surface area (Å²) in [6.07, 6.45) is 5.92. The van der Waals surface area contributed by atoms with Crippen molar-refractivity contribution in [1.29, 1.82) is 0 Å². The first-order chi connectivity index (χ1) is 19.7. The van der Waals surface area contributed by atoms with Crippen LogP contribution < -0.4 is 9.64 Å². The van der Waals surface area contributed by atoms with Crippen molar-refractivity contribution in [3.8, 4) is 5.75 Å². The Morgan fingerprint density at radius 1 is 1.07 bits per heavy atom. The van der Waals surface area contributed by atoms with E-state index in [1.54, 1.807) is 13.3 Å². The molecule has 1 fully saturated rings. The van der Waals surface area contributed by atoms with Crippen molar-refractivity contribution >= 4 is 34.3 Å². The van der Waals surface area contributed by atoms with Gasteiger partial charge in [0.1, 0.15) is 11.4 Å². The van der Waals surface area contributed by atoms with Crippen LogP contribution in [-0.2, 0) is 17.6 Å². The Bertz CT molecular complexity index is 1360. The molecule has 2 aromatic carbocycles. The average Bonchev–Trinajstić information content (AvgIpc) is 3.40. The Labute approximate surface area is 249 Å². The predicted octanol–water partition coefficient (Wildman–Crippen LogP) is 6.48. The lowest BCUT2D eigenvalue weighted by molar-refractivity contribution is 0.0544. The molecule has 1 saturated heterocycles. The number of benzene rings is 2. The van der Waals surface area contributed by atoms with Gasteiger partial charge in [-0.25, -0.2) is 4.79 Å². The highest BCUT2D eigenvalue weighted by Gasteiger charge is 2.27. The topological polar surface area (TPSA) is 50.2 Å². The first kappa shape index (κ1) is 29.7. The molecule has 1 atom stereocenters. The van der Waals surface area contributed by atoms with Crippen molar-refractivity contribution < 1.29 is 14.3 Å². The summed E-state index contributed by atoms with van der Waals surface area (Å²) in [6.45, 7) is 15.1. The minimum atomic E-state index is -0.555. The number of methoxy groups -OCH3 is 1. The fourth-order valence-electron chi connectivity index (χ4n) is 6.39. The molecule has 0 N–H and O–H groups in total. The highest BCUT2D eigenvalue weighted by Crippen LogP contribution is 2.35. The number of hydrogen-bond donors (Lipinski definition) is 0. The van der Waals surface area contributed by atoms with Gasteiger partial charge in [0.25, 0.3) is 0 Å². The fourth-order valence-corrected chi connectivity index (χ4v) is 6.73. The van der Waals surface area contributed by atoms with E-state index in [9.17, 15) is 4.79 Å². The van der Waals surface area contributed by atoms with Crippen LogP contribution in [0.2, 0.25) is 5.02 Å². The van der Waals surface area contributed by atoms with Crippen LogP contribution in [0.1, 0.15) is 51.7 Å². The van der Waals surface area contributed by atoms with Crippen molar-refractivity contribution in [2.24, 2.45) is 0 Å². The molecule has 8 heteroatoms. The fraction of sp³-hybridized carbons (Fsp3) is 0.545. The molecule has 0 spiro atoms. The number of nitrogens with zero attached hydrogens (tertiary/aromatic N) is 4. The third kappa shape index (κ3) is 6.68. The number of ether oxygens (including phenoxy) is 2. The van der Waals surface area contributed by atoms with Gasteiger partial charge in [0, 0.05) is 56.9 Å². The number of aromatic nitrogens is 1. The van der Waals surface area contributed by atoms with Crippen molar-refractivity contribution in [2.75, 3.05) is 57.8 Å². The van der Waals surface area contributed by atoms with Crippen LogP contribution in [0.25, 0.3) is 10.9 Å². The van der Waals surface area contributed by atoms with Gasteiger partial charge in [0.05, 0.1) is 23.3 Å². The molecule has 222 valence electrons. The second kappa shape index (κ2) is 12.6. The summed E-state index contributed by atoms with van der Waals surface area (Å²) in [5.41, 5.74) is 4.10. The summed E-state index contributed by atoms with van der Waals surface area (Å²) < 4.78 is 12.7. The molecular formula is C33H45ClN4O3. The maximum atomic E-state index is 12.7. The number of anilines is 1. The lowest BCUT2D eigenvalue weighted by Crippen LogP contribution is -2.50. The summed E-state index contributed by atoms with van der Waals surface area (Å²) in [7, 11) is 1.78. The number of carbonyl (C=O) groups is 1. The molecule has 0 bridgehead atoms. The van der Waals surface area contributed by atoms with Gasteiger partial charge < -0.3 is 14.4 Å². The van der Waals surface area contributed by atoms with E-state index in [1.807, 2.05) is 39.0 Å². The van der Waals surface area contributed by atoms with E-state index in [0.717, 1.165) is 81.0 Å². The van der Waals surface area contributed by atoms with Crippen LogP contribution in [0.4, 0.5) is 10.5 Å². The quantitative estimate of drug-likeness (QED) is 0.304. The standard InChI is InChI=1S/C33H45ClN4O3/c1-6-15-36(25-10-11-26-24(23-25)8-7-9-30(26)40-5)20-17-35-18-21-37(22-19-35)29-13-12-28-27(31(29)34)14-16-38(28)32(39)41-33(2,3)4/h7-9,12-14,16,25H,6,10-11,15,17-23H2,1-5H3. The Hall–Kier alpha value is -2.74. The van der Waals surface area contributed by atoms with Gasteiger partial charge in [0.2, 0.25) is 0 Å². The summed E-state index contributed by atoms with van der Waals surface area (Å²) in [6, 6.07) is 13.0. The minimum absolute atomic E-state index is 0.390. The van der Waals surface area contributed by atoms with Gasteiger partial charge in [-0.2, -0.15) is 0 Å². The molecule has 7 nitrogen and oxygen atoms in total. The van der Waals surface area contributed by atoms with Crippen molar-refractivity contribution in [2.45, 2.75) is 65.0 Å². The van der Waals surface area contributed by atoms with Gasteiger partial charge in [-0.15, -0.1) is 0 Å². The van der Waals surface area contributed by atoms with E-state index in [2.05, 4.69) is 39.8 Å². The monoisotopic (exact) mass is 580 g/mol. The summed E-state index contributed by atoms with van der Waals surface area (Å²) in [4.78, 5) is 20.4. The molecular weight excluding hydrogens is 536 g/mol. The number of halogens is 1. The van der Waals surface area contributed by atoms with Gasteiger partial charge in [-0.1, -0.05) is 30.7 Å². The Kier molecular flexibility index (Phi) is 9.17. The van der Waals surface area contributed by atoms with Crippen LogP contribution in [0.15, 0.2) is 42.6 Å². The van der Waals surface area contributed by atoms with Crippen molar-refractivity contribution in [3.63, 3.8) is 0 Å². The van der Waals surface area contributed by atoms with Gasteiger partial charge in [-0.05, 0) is 88.4 Å². The Balaban J connectivity index is 1.18. The zero-order valence-corrected chi connectivity index (χ0v) is 26.0. The van der Waals surface area contributed by atoms with Crippen LogP contribution in [0.5, 0.6) is 5.75 Å². The van der Waals surface area contributed by atoms with Crippen LogP contribution in [0, 0.1) is 0 Å². The minimum Gasteiger partial charge on any atom is -0.496 e. The first-order valence-corrected chi connectivity index (χ1v) is 15.4. The lowest BCUT2D eigenvalue weighted by atomic mass is 9.86. The number of fused-ring (bicyclic) bond motifs is 2. The highest BCUT2D eigenvalue weighted by molar-refractivity contribution is 6.38. The summed E-state index contributed by atoms with van der Waals surface area (Å²) in [5, 5.41) is 1.57. The molecule has 2 aliphatic rings. The SMILES string of the molecule is CCCN(CCN1CCN(c2ccc3c(ccn3C(=O)OC(C)(C)C)c2Cl)CC1)C1CCc2c(cccc2OC)C1. The van der Waals surface area contributed by atoms with E-state index < -0.39 is 5.60 Å². The van der Waals surface area contributed by atoms with E-state index in [0.29, 0.717) is 11.1 Å². The normalized spacial score (nSPS) is 18.1. The zero-order chi connectivity index (χ0) is 29.1. The van der Waals surface area contributed by atoms with Crippen LogP contribution >= 0.6 is 11.6 Å². The van der Waals surface area contributed by atoms with Crippen LogP contribution in [0.3, 0.4) is 0 Å². The Morgan fingerprint density at radius 2 is 1.85 bits per heavy atom. The lowest BCUT2D eigenvalue weighted by Gasteiger charge is -2.39. The van der Waals surface area contributed by atoms with E-state index in [4.69, 9.17) is 21.1 Å². The van der Waals surface area contributed by atoms with Gasteiger partial charge >= 0.3 is 6.09 Å². The summed E-state index contributed by atoms with van der Waals surface area (Å²) in [5.74, 6) is 1.04. The third-order valence-electron chi connectivity index (χ3n) is 8.45. The zero-order valence-electron chi connectivity index (χ0n) is 25.3. The van der Waals surface area contributed by atoms with Gasteiger partial charge in [0.15, 0.2) is 0 Å². The molecule has 0 saturated carbocycles. The average molecular weight is 581 g/mol. The molecule has 41 heavy (non-hydrogen) atoms. The second-order valence-electron chi connectivity index (χ2n) is 12.4. The van der Waals surface area contributed by atoms with Crippen LogP contribution in [-0.4, -0.2) is 85.0 Å². The number of hydrogen-bond acceptors (Lipinski definition) is 6. The number of piperazine rings is 1. The molecule has 1 aliphatic carbocycles. The molecule has 2 heterocycles. The predicted molar refractivity (Wildman–Crippen MR) is 168 cm³/mol. The third-order valence-corrected chi connectivity index (χ3v) is 8.85.